The van der Waals surface area contributed by atoms with E-state index in [1.807, 2.05) is 45.2 Å². The van der Waals surface area contributed by atoms with E-state index in [2.05, 4.69) is 813 Å². The van der Waals surface area contributed by atoms with Crippen LogP contribution in [0.5, 0.6) is 0 Å². The van der Waals surface area contributed by atoms with E-state index >= 15 is 0 Å². The fourth-order valence-corrected chi connectivity index (χ4v) is 4.45. The molecule has 0 aromatic carbocycles. The molecule has 0 nitrogen and oxygen atoms in total. The van der Waals surface area contributed by atoms with Gasteiger partial charge < -0.3 is 0 Å². The molecule has 0 N–H and O–H groups in total. The van der Waals surface area contributed by atoms with Crippen molar-refractivity contribution in [2.45, 2.75) is 7.43 Å². The van der Waals surface area contributed by atoms with Gasteiger partial charge in [-0.05, 0) is 197 Å². The number of terminal acetylenes is 2. The Labute approximate surface area is 870 Å². The van der Waals surface area contributed by atoms with Crippen LogP contribution in [0.2, 0.25) is 0 Å². The quantitative estimate of drug-likeness (QED) is 0.259. The Morgan fingerprint density at radius 1 is 0.0629 bits per heavy atom. The minimum absolute atomic E-state index is 0. The summed E-state index contributed by atoms with van der Waals surface area (Å²) in [6.45, 7) is 0. The molecular formula is C141H6I2. The van der Waals surface area contributed by atoms with Crippen molar-refractivity contribution in [3.05, 3.63) is 0 Å². The SMILES string of the molecule is C.C#CC#CC#CC#CC#CC#CC#CC#CC#CC#CC#CC#CC#CC#CC#CC#CC#CC#CC#CC#CC#CC#CC#CC#CC#CC#CC#CC#CC#CC#CC#CC#CC#CC#CC#CC#CC#CC#CC#CC#CC#CC#CC#CC#CC#CI.C#CC#CC#CC#CC#CC#CC#CC#CC#CC#CC#CC#CC#CC#CC#CC#CC#CC#CC#CC#CC#CC#CC#CC#CC#CI. The Balaban J connectivity index is -0.00000318. The molecule has 2 heteroatoms. The van der Waals surface area contributed by atoms with Gasteiger partial charge in [0.25, 0.3) is 0 Å². The second kappa shape index (κ2) is 119. The monoisotopic (exact) mass is 1950 g/mol. The average Bonchev–Trinajstić information content (AvgIpc) is 1.12. The molecule has 0 rings (SSSR count). The highest BCUT2D eigenvalue weighted by molar-refractivity contribution is 14.1. The predicted molar refractivity (Wildman–Crippen MR) is 581 cm³/mol. The van der Waals surface area contributed by atoms with Crippen LogP contribution in [-0.2, 0) is 0 Å². The molecule has 0 aliphatic carbocycles. The molecule has 0 aromatic rings. The molecule has 0 spiro atoms. The first kappa shape index (κ1) is 118. The first-order valence-corrected chi connectivity index (χ1v) is 37.1. The van der Waals surface area contributed by atoms with Crippen LogP contribution in [0.25, 0.3) is 0 Å². The van der Waals surface area contributed by atoms with Gasteiger partial charge in [-0.3, -0.25) is 0 Å². The molecule has 143 heavy (non-hydrogen) atoms. The van der Waals surface area contributed by atoms with Gasteiger partial charge in [0.05, 0.1) is 0 Å². The first-order valence-electron chi connectivity index (χ1n) is 35.0. The summed E-state index contributed by atoms with van der Waals surface area (Å²) < 4.78 is 5.19. The molecule has 0 bridgehead atoms. The highest BCUT2D eigenvalue weighted by Gasteiger charge is 1.71. The molecule has 0 aromatic heterocycles. The maximum atomic E-state index is 4.95. The maximum absolute atomic E-state index is 4.95. The lowest BCUT2D eigenvalue weighted by molar-refractivity contribution is 2.31. The molecule has 0 aliphatic heterocycles. The molecule has 0 unspecified atom stereocenters. The zero-order valence-electron chi connectivity index (χ0n) is 70.9. The summed E-state index contributed by atoms with van der Waals surface area (Å²) in [5.74, 6) is 338. The predicted octanol–water partition coefficient (Wildman–Crippen LogP) is 2.89. The molecule has 0 amide bonds. The third-order valence-electron chi connectivity index (χ3n) is 8.49. The highest BCUT2D eigenvalue weighted by Crippen LogP contribution is 1.73. The Kier molecular flexibility index (Phi) is 98.0. The van der Waals surface area contributed by atoms with Crippen LogP contribution >= 0.6 is 45.2 Å². The lowest BCUT2D eigenvalue weighted by atomic mass is 10.4. The third-order valence-corrected chi connectivity index (χ3v) is 9.03. The Morgan fingerprint density at radius 3 is 0.133 bits per heavy atom. The molecular weight excluding hydrogens is 1950 g/mol. The highest BCUT2D eigenvalue weighted by atomic mass is 127. The lowest BCUT2D eigenvalue weighted by Gasteiger charge is -1.58. The van der Waals surface area contributed by atoms with Crippen molar-refractivity contribution >= 4 is 45.2 Å². The van der Waals surface area contributed by atoms with E-state index < -0.39 is 0 Å². The topological polar surface area (TPSA) is 0 Å². The largest absolute Gasteiger partial charge is 0.106 e. The standard InChI is InChI=1S/C90HI.C50HI.CH4/c1-2-3-4-5-6-7-8-9-10-11-12-13-14-15-16-17-18-19-20-21-22-23-24-25-26-27-28-29-30-31-32-33-34-35-36-37-38-39-40-41-42-43-44-45-46-47-48-49-50-51-52-53-54-55-56-57-58-59-60-61-62-63-64-65-66-67-68-69-70-71-72-73-74-75-76-77-78-79-80-81-82-83-84-85-86-87-88-89-90-91;1-2-3-4-5-6-7-8-9-10-11-12-13-14-15-16-17-18-19-20-21-22-23-24-25-26-27-28-29-30-31-32-33-34-35-36-37-38-39-40-41-42-43-44-45-46-47-48-49-50-51;/h1H;1H;1H4. The molecule has 0 atom stereocenters. The number of hydrogen-bond acceptors (Lipinski definition) is 0. The summed E-state index contributed by atoms with van der Waals surface area (Å²) in [4.78, 5) is 0. The molecule has 0 heterocycles. The molecule has 584 valence electrons. The van der Waals surface area contributed by atoms with E-state index in [9.17, 15) is 0 Å². The summed E-state index contributed by atoms with van der Waals surface area (Å²) in [5.41, 5.74) is 0. The van der Waals surface area contributed by atoms with Crippen LogP contribution < -0.4 is 0 Å². The van der Waals surface area contributed by atoms with Gasteiger partial charge in [-0.2, -0.15) is 0 Å². The van der Waals surface area contributed by atoms with Crippen LogP contribution in [0.1, 0.15) is 7.43 Å². The van der Waals surface area contributed by atoms with Crippen molar-refractivity contribution in [1.82, 2.24) is 0 Å². The van der Waals surface area contributed by atoms with Gasteiger partial charge in [0.2, 0.25) is 0 Å². The van der Waals surface area contributed by atoms with Gasteiger partial charge >= 0.3 is 0 Å². The van der Waals surface area contributed by atoms with Gasteiger partial charge in [0.15, 0.2) is 0 Å². The smallest absolute Gasteiger partial charge is 0.0192 e. The minimum atomic E-state index is 0. The van der Waals surface area contributed by atoms with Crippen molar-refractivity contribution in [2.24, 2.45) is 0 Å². The average molecular weight is 1950 g/mol. The van der Waals surface area contributed by atoms with Crippen molar-refractivity contribution < 1.29 is 0 Å². The summed E-state index contributed by atoms with van der Waals surface area (Å²) in [6, 6.07) is 0. The maximum Gasteiger partial charge on any atom is 0.0192 e. The minimum Gasteiger partial charge on any atom is -0.106 e. The van der Waals surface area contributed by atoms with Crippen LogP contribution in [0.4, 0.5) is 0 Å². The van der Waals surface area contributed by atoms with Crippen molar-refractivity contribution in [3.8, 4) is 826 Å². The van der Waals surface area contributed by atoms with Gasteiger partial charge in [0, 0.05) is 661 Å². The molecule has 0 aliphatic rings. The number of hydrogen-bond donors (Lipinski definition) is 0. The van der Waals surface area contributed by atoms with Crippen molar-refractivity contribution in [2.75, 3.05) is 0 Å². The number of rotatable bonds is 0. The van der Waals surface area contributed by atoms with Crippen molar-refractivity contribution in [1.29, 1.82) is 0 Å². The fraction of sp³-hybridized carbons (Fsp3) is 0.00709. The summed E-state index contributed by atoms with van der Waals surface area (Å²) in [6.07, 6.45) is 9.89. The Bertz CT molecular complexity index is 10600. The Morgan fingerprint density at radius 2 is 0.0979 bits per heavy atom. The third kappa shape index (κ3) is 121. The second-order valence-corrected chi connectivity index (χ2v) is 18.3. The van der Waals surface area contributed by atoms with Gasteiger partial charge in [-0.25, -0.2) is 0 Å². The fourth-order valence-electron chi connectivity index (χ4n) is 4.18. The zero-order valence-corrected chi connectivity index (χ0v) is 75.2. The van der Waals surface area contributed by atoms with E-state index in [0.717, 1.165) is 0 Å². The molecule has 0 saturated heterocycles. The first-order chi connectivity index (χ1) is 70.8. The Hall–Kier alpha value is -29.3. The van der Waals surface area contributed by atoms with E-state index in [0.29, 0.717) is 0 Å². The van der Waals surface area contributed by atoms with Crippen LogP contribution in [0.3, 0.4) is 0 Å². The van der Waals surface area contributed by atoms with E-state index in [1.165, 1.54) is 0 Å². The summed E-state index contributed by atoms with van der Waals surface area (Å²) in [7, 11) is 0. The molecule has 0 radical (unpaired) electrons. The van der Waals surface area contributed by atoms with E-state index in [-0.39, 0.29) is 7.43 Å². The van der Waals surface area contributed by atoms with Gasteiger partial charge in [0.1, 0.15) is 0 Å². The van der Waals surface area contributed by atoms with Gasteiger partial charge in [-0.15, -0.1) is 12.8 Å². The van der Waals surface area contributed by atoms with Crippen LogP contribution in [0.15, 0.2) is 0 Å². The summed E-state index contributed by atoms with van der Waals surface area (Å²) >= 11 is 3.76. The normalized spacial score (nSPS) is 3.92. The second-order valence-electron chi connectivity index (χ2n) is 17.2. The summed E-state index contributed by atoms with van der Waals surface area (Å²) in [5, 5.41) is 0. The van der Waals surface area contributed by atoms with E-state index in [4.69, 9.17) is 12.8 Å². The van der Waals surface area contributed by atoms with Crippen LogP contribution in [0, 0.1) is 826 Å². The lowest BCUT2D eigenvalue weighted by Crippen LogP contribution is -1.57. The molecule has 0 fully saturated rings. The van der Waals surface area contributed by atoms with E-state index in [1.54, 1.807) is 0 Å². The molecule has 0 saturated carbocycles. The van der Waals surface area contributed by atoms with Crippen LogP contribution in [-0.4, -0.2) is 0 Å². The zero-order chi connectivity index (χ0) is 102. The number of halogens is 2. The van der Waals surface area contributed by atoms with Crippen molar-refractivity contribution in [3.63, 3.8) is 0 Å². The van der Waals surface area contributed by atoms with Gasteiger partial charge in [-0.1, -0.05) is 7.43 Å².